The fraction of sp³-hybridized carbons (Fsp3) is 0.529. The van der Waals surface area contributed by atoms with Gasteiger partial charge < -0.3 is 19.3 Å². The Balaban J connectivity index is 1.50. The first-order valence-electron chi connectivity index (χ1n) is 8.33. The molecule has 1 atom stereocenters. The molecule has 2 saturated heterocycles. The Morgan fingerprint density at radius 3 is 2.83 bits per heavy atom. The SMILES string of the molecule is O=C1SCCN1CC(=O)N1CCCC1c1ccc2c(c1)OCCO2. The van der Waals surface area contributed by atoms with E-state index in [1.54, 1.807) is 4.90 Å². The van der Waals surface area contributed by atoms with E-state index in [4.69, 9.17) is 9.47 Å². The predicted octanol–water partition coefficient (Wildman–Crippen LogP) is 2.29. The topological polar surface area (TPSA) is 59.1 Å². The lowest BCUT2D eigenvalue weighted by molar-refractivity contribution is -0.132. The van der Waals surface area contributed by atoms with Crippen LogP contribution in [-0.4, -0.2) is 59.5 Å². The number of amides is 2. The van der Waals surface area contributed by atoms with Crippen LogP contribution in [0.4, 0.5) is 4.79 Å². The molecule has 0 saturated carbocycles. The number of fused-ring (bicyclic) bond motifs is 1. The average molecular weight is 348 g/mol. The van der Waals surface area contributed by atoms with Gasteiger partial charge >= 0.3 is 0 Å². The standard InChI is InChI=1S/C17H20N2O4S/c20-16(11-18-6-9-24-17(18)21)19-5-1-2-13(19)12-3-4-14-15(10-12)23-8-7-22-14/h3-4,10,13H,1-2,5-9,11H2. The number of carbonyl (C=O) groups excluding carboxylic acids is 2. The molecule has 2 fully saturated rings. The number of hydrogen-bond donors (Lipinski definition) is 0. The first-order valence-corrected chi connectivity index (χ1v) is 9.31. The molecule has 0 aliphatic carbocycles. The lowest BCUT2D eigenvalue weighted by atomic mass is 10.0. The summed E-state index contributed by atoms with van der Waals surface area (Å²) in [7, 11) is 0. The average Bonchev–Trinajstić information content (AvgIpc) is 3.24. The normalized spacial score (nSPS) is 23.0. The van der Waals surface area contributed by atoms with Crippen LogP contribution in [0.1, 0.15) is 24.4 Å². The highest BCUT2D eigenvalue weighted by Gasteiger charge is 2.33. The molecule has 6 nitrogen and oxygen atoms in total. The minimum atomic E-state index is 0.0124. The summed E-state index contributed by atoms with van der Waals surface area (Å²) in [5.41, 5.74) is 1.08. The number of benzene rings is 1. The molecule has 2 amide bonds. The second-order valence-corrected chi connectivity index (χ2v) is 7.23. The molecule has 0 bridgehead atoms. The number of nitrogens with zero attached hydrogens (tertiary/aromatic N) is 2. The Morgan fingerprint density at radius 1 is 1.21 bits per heavy atom. The fourth-order valence-electron chi connectivity index (χ4n) is 3.50. The Morgan fingerprint density at radius 2 is 2.04 bits per heavy atom. The van der Waals surface area contributed by atoms with Crippen molar-refractivity contribution in [1.29, 1.82) is 0 Å². The molecule has 1 aromatic rings. The minimum absolute atomic E-state index is 0.0124. The number of hydrogen-bond acceptors (Lipinski definition) is 5. The Bertz CT molecular complexity index is 666. The zero-order chi connectivity index (χ0) is 16.5. The molecule has 0 spiro atoms. The number of carbonyl (C=O) groups is 2. The maximum atomic E-state index is 12.7. The third kappa shape index (κ3) is 2.92. The van der Waals surface area contributed by atoms with Crippen LogP contribution in [0.3, 0.4) is 0 Å². The zero-order valence-corrected chi connectivity index (χ0v) is 14.2. The molecular formula is C17H20N2O4S. The molecule has 0 aromatic heterocycles. The third-order valence-electron chi connectivity index (χ3n) is 4.70. The summed E-state index contributed by atoms with van der Waals surface area (Å²) in [5.74, 6) is 2.32. The van der Waals surface area contributed by atoms with E-state index >= 15 is 0 Å². The van der Waals surface area contributed by atoms with E-state index < -0.39 is 0 Å². The maximum absolute atomic E-state index is 12.7. The summed E-state index contributed by atoms with van der Waals surface area (Å²) in [6, 6.07) is 5.98. The molecule has 4 rings (SSSR count). The first kappa shape index (κ1) is 15.6. The van der Waals surface area contributed by atoms with Crippen LogP contribution >= 0.6 is 11.8 Å². The summed E-state index contributed by atoms with van der Waals surface area (Å²) in [4.78, 5) is 28.0. The predicted molar refractivity (Wildman–Crippen MR) is 90.5 cm³/mol. The van der Waals surface area contributed by atoms with Crippen LogP contribution in [0.2, 0.25) is 0 Å². The van der Waals surface area contributed by atoms with Crippen LogP contribution in [0, 0.1) is 0 Å². The number of ether oxygens (including phenoxy) is 2. The van der Waals surface area contributed by atoms with Gasteiger partial charge in [-0.25, -0.2) is 0 Å². The smallest absolute Gasteiger partial charge is 0.282 e. The molecule has 0 radical (unpaired) electrons. The van der Waals surface area contributed by atoms with Crippen molar-refractivity contribution in [2.45, 2.75) is 18.9 Å². The maximum Gasteiger partial charge on any atom is 0.282 e. The molecule has 0 N–H and O–H groups in total. The lowest BCUT2D eigenvalue weighted by Crippen LogP contribution is -2.40. The quantitative estimate of drug-likeness (QED) is 0.839. The van der Waals surface area contributed by atoms with E-state index in [0.717, 1.165) is 42.2 Å². The van der Waals surface area contributed by atoms with Crippen molar-refractivity contribution in [2.24, 2.45) is 0 Å². The van der Waals surface area contributed by atoms with Crippen molar-refractivity contribution in [1.82, 2.24) is 9.80 Å². The fourth-order valence-corrected chi connectivity index (χ4v) is 4.33. The Hall–Kier alpha value is -1.89. The van der Waals surface area contributed by atoms with Gasteiger partial charge in [0.1, 0.15) is 19.8 Å². The second kappa shape index (κ2) is 6.55. The van der Waals surface area contributed by atoms with Gasteiger partial charge in [-0.05, 0) is 30.5 Å². The van der Waals surface area contributed by atoms with E-state index in [1.165, 1.54) is 11.8 Å². The van der Waals surface area contributed by atoms with Gasteiger partial charge in [0, 0.05) is 18.8 Å². The number of rotatable bonds is 3. The molecule has 7 heteroatoms. The lowest BCUT2D eigenvalue weighted by Gasteiger charge is -2.28. The van der Waals surface area contributed by atoms with Crippen LogP contribution in [0.15, 0.2) is 18.2 Å². The van der Waals surface area contributed by atoms with Gasteiger partial charge in [0.25, 0.3) is 5.24 Å². The zero-order valence-electron chi connectivity index (χ0n) is 13.4. The van der Waals surface area contributed by atoms with E-state index in [-0.39, 0.29) is 23.7 Å². The van der Waals surface area contributed by atoms with Crippen molar-refractivity contribution in [2.75, 3.05) is 38.6 Å². The molecule has 1 unspecified atom stereocenters. The highest BCUT2D eigenvalue weighted by molar-refractivity contribution is 8.13. The molecule has 3 aliphatic heterocycles. The third-order valence-corrected chi connectivity index (χ3v) is 5.59. The summed E-state index contributed by atoms with van der Waals surface area (Å²) in [6.45, 7) is 2.72. The van der Waals surface area contributed by atoms with E-state index in [1.807, 2.05) is 23.1 Å². The second-order valence-electron chi connectivity index (χ2n) is 6.18. The highest BCUT2D eigenvalue weighted by Crippen LogP contribution is 2.38. The first-order chi connectivity index (χ1) is 11.7. The van der Waals surface area contributed by atoms with E-state index in [2.05, 4.69) is 0 Å². The van der Waals surface area contributed by atoms with Gasteiger partial charge in [-0.2, -0.15) is 0 Å². The minimum Gasteiger partial charge on any atom is -0.486 e. The van der Waals surface area contributed by atoms with Crippen LogP contribution in [-0.2, 0) is 4.79 Å². The molecule has 128 valence electrons. The van der Waals surface area contributed by atoms with Crippen molar-refractivity contribution in [3.8, 4) is 11.5 Å². The largest absolute Gasteiger partial charge is 0.486 e. The van der Waals surface area contributed by atoms with Gasteiger partial charge in [-0.1, -0.05) is 17.8 Å². The monoisotopic (exact) mass is 348 g/mol. The summed E-state index contributed by atoms with van der Waals surface area (Å²) in [6.07, 6.45) is 1.92. The van der Waals surface area contributed by atoms with Gasteiger partial charge in [-0.15, -0.1) is 0 Å². The van der Waals surface area contributed by atoms with E-state index in [0.29, 0.717) is 19.8 Å². The Labute approximate surface area is 145 Å². The molecule has 1 aromatic carbocycles. The van der Waals surface area contributed by atoms with Crippen molar-refractivity contribution in [3.63, 3.8) is 0 Å². The molecule has 3 heterocycles. The van der Waals surface area contributed by atoms with Crippen LogP contribution < -0.4 is 9.47 Å². The number of thioether (sulfide) groups is 1. The molecule has 3 aliphatic rings. The highest BCUT2D eigenvalue weighted by atomic mass is 32.2. The van der Waals surface area contributed by atoms with Crippen molar-refractivity contribution in [3.05, 3.63) is 23.8 Å². The van der Waals surface area contributed by atoms with Gasteiger partial charge in [0.15, 0.2) is 11.5 Å². The van der Waals surface area contributed by atoms with Crippen LogP contribution in [0.5, 0.6) is 11.5 Å². The van der Waals surface area contributed by atoms with Gasteiger partial charge in [-0.3, -0.25) is 9.59 Å². The Kier molecular flexibility index (Phi) is 4.26. The van der Waals surface area contributed by atoms with Gasteiger partial charge in [0.05, 0.1) is 6.04 Å². The van der Waals surface area contributed by atoms with Crippen molar-refractivity contribution >= 4 is 22.9 Å². The summed E-state index contributed by atoms with van der Waals surface area (Å²) < 4.78 is 11.2. The van der Waals surface area contributed by atoms with Crippen LogP contribution in [0.25, 0.3) is 0 Å². The molecular weight excluding hydrogens is 328 g/mol. The van der Waals surface area contributed by atoms with E-state index in [9.17, 15) is 9.59 Å². The van der Waals surface area contributed by atoms with Crippen molar-refractivity contribution < 1.29 is 19.1 Å². The summed E-state index contributed by atoms with van der Waals surface area (Å²) >= 11 is 1.29. The van der Waals surface area contributed by atoms with Gasteiger partial charge in [0.2, 0.25) is 5.91 Å². The number of likely N-dealkylation sites (tertiary alicyclic amines) is 1. The summed E-state index contributed by atoms with van der Waals surface area (Å²) in [5, 5.41) is 0.0124. The molecule has 24 heavy (non-hydrogen) atoms.